The number of carbonyl (C=O) groups excluding carboxylic acids is 3. The number of ether oxygens (including phenoxy) is 2. The molecule has 0 aliphatic rings. The molecule has 0 spiro atoms. The van der Waals surface area contributed by atoms with Gasteiger partial charge in [0, 0.05) is 11.4 Å². The molecule has 8 heteroatoms. The van der Waals surface area contributed by atoms with Crippen LogP contribution in [0.5, 0.6) is 5.75 Å². The molecule has 0 saturated heterocycles. The van der Waals surface area contributed by atoms with Gasteiger partial charge in [0.2, 0.25) is 0 Å². The minimum atomic E-state index is -0.438. The third-order valence-electron chi connectivity index (χ3n) is 4.28. The highest BCUT2D eigenvalue weighted by atomic mass is 16.5. The van der Waals surface area contributed by atoms with Crippen LogP contribution in [0.3, 0.4) is 0 Å². The van der Waals surface area contributed by atoms with Gasteiger partial charge in [-0.2, -0.15) is 0 Å². The monoisotopic (exact) mass is 400 g/mol. The first kappa shape index (κ1) is 21.9. The lowest BCUT2D eigenvalue weighted by Crippen LogP contribution is -3.13. The van der Waals surface area contributed by atoms with Crippen LogP contribution >= 0.6 is 0 Å². The van der Waals surface area contributed by atoms with Gasteiger partial charge in [0.25, 0.3) is 11.8 Å². The van der Waals surface area contributed by atoms with Crippen LogP contribution in [-0.2, 0) is 14.3 Å². The van der Waals surface area contributed by atoms with Crippen molar-refractivity contribution < 1.29 is 28.8 Å². The molecule has 2 amide bonds. The van der Waals surface area contributed by atoms with Gasteiger partial charge in [-0.1, -0.05) is 0 Å². The Hall–Kier alpha value is -3.39. The quantitative estimate of drug-likeness (QED) is 0.545. The lowest BCUT2D eigenvalue weighted by molar-refractivity contribution is -0.881. The van der Waals surface area contributed by atoms with Crippen molar-refractivity contribution in [3.05, 3.63) is 54.1 Å². The fraction of sp³-hybridized carbons (Fsp3) is 0.286. The van der Waals surface area contributed by atoms with E-state index in [9.17, 15) is 14.4 Å². The molecule has 0 heterocycles. The van der Waals surface area contributed by atoms with Crippen LogP contribution in [0.15, 0.2) is 48.5 Å². The zero-order chi connectivity index (χ0) is 21.2. The van der Waals surface area contributed by atoms with Crippen molar-refractivity contribution in [2.45, 2.75) is 6.92 Å². The van der Waals surface area contributed by atoms with E-state index in [2.05, 4.69) is 15.4 Å². The second kappa shape index (κ2) is 10.8. The zero-order valence-corrected chi connectivity index (χ0v) is 16.8. The first-order chi connectivity index (χ1) is 13.9. The van der Waals surface area contributed by atoms with Gasteiger partial charge in [-0.05, 0) is 55.5 Å². The maximum Gasteiger partial charge on any atom is 0.337 e. The van der Waals surface area contributed by atoms with Crippen molar-refractivity contribution in [1.29, 1.82) is 0 Å². The van der Waals surface area contributed by atoms with Gasteiger partial charge in [0.15, 0.2) is 13.1 Å². The van der Waals surface area contributed by atoms with Crippen molar-refractivity contribution >= 4 is 29.2 Å². The number of quaternary nitrogens is 1. The van der Waals surface area contributed by atoms with E-state index in [1.54, 1.807) is 55.6 Å². The molecule has 154 valence electrons. The fourth-order valence-corrected chi connectivity index (χ4v) is 2.66. The molecule has 1 unspecified atom stereocenters. The van der Waals surface area contributed by atoms with Gasteiger partial charge >= 0.3 is 5.97 Å². The largest absolute Gasteiger partial charge is 0.497 e. The second-order valence-electron chi connectivity index (χ2n) is 6.35. The van der Waals surface area contributed by atoms with Gasteiger partial charge in [-0.25, -0.2) is 4.79 Å². The van der Waals surface area contributed by atoms with E-state index < -0.39 is 5.97 Å². The van der Waals surface area contributed by atoms with Crippen LogP contribution in [0.1, 0.15) is 17.3 Å². The molecule has 1 atom stereocenters. The van der Waals surface area contributed by atoms with Crippen LogP contribution in [0, 0.1) is 0 Å². The van der Waals surface area contributed by atoms with Crippen LogP contribution in [0.2, 0.25) is 0 Å². The highest BCUT2D eigenvalue weighted by Gasteiger charge is 2.17. The normalized spacial score (nSPS) is 11.3. The third-order valence-corrected chi connectivity index (χ3v) is 4.28. The number of nitrogens with one attached hydrogen (secondary N) is 3. The molecule has 2 aromatic carbocycles. The SMILES string of the molecule is CC[NH+](CC(=O)Nc1ccc(OC)cc1)CC(=O)Nc1ccc(C(=O)OC)cc1. The molecule has 0 aliphatic heterocycles. The van der Waals surface area contributed by atoms with Crippen molar-refractivity contribution in [2.75, 3.05) is 44.5 Å². The molecular weight excluding hydrogens is 374 g/mol. The molecule has 2 rings (SSSR count). The van der Waals surface area contributed by atoms with E-state index in [-0.39, 0.29) is 24.9 Å². The average molecular weight is 400 g/mol. The minimum Gasteiger partial charge on any atom is -0.497 e. The Kier molecular flexibility index (Phi) is 8.17. The van der Waals surface area contributed by atoms with Crippen molar-refractivity contribution in [2.24, 2.45) is 0 Å². The maximum absolute atomic E-state index is 12.3. The first-order valence-corrected chi connectivity index (χ1v) is 9.20. The smallest absolute Gasteiger partial charge is 0.337 e. The topological polar surface area (TPSA) is 98.2 Å². The average Bonchev–Trinajstić information content (AvgIpc) is 2.73. The van der Waals surface area contributed by atoms with E-state index in [0.29, 0.717) is 29.2 Å². The molecule has 0 aromatic heterocycles. The standard InChI is InChI=1S/C21H25N3O5/c1-4-24(14-20(26)23-17-9-11-18(28-2)12-10-17)13-19(25)22-16-7-5-15(6-8-16)21(27)29-3/h5-12H,4,13-14H2,1-3H3,(H,22,25)(H,23,26)/p+1. The molecular formula is C21H26N3O5+. The maximum atomic E-state index is 12.3. The summed E-state index contributed by atoms with van der Waals surface area (Å²) in [6, 6.07) is 13.5. The number of esters is 1. The molecule has 8 nitrogen and oxygen atoms in total. The van der Waals surface area contributed by atoms with Gasteiger partial charge in [0.05, 0.1) is 26.3 Å². The molecule has 0 radical (unpaired) electrons. The Morgan fingerprint density at radius 1 is 0.828 bits per heavy atom. The van der Waals surface area contributed by atoms with Gasteiger partial charge in [0.1, 0.15) is 5.75 Å². The Labute approximate surface area is 169 Å². The highest BCUT2D eigenvalue weighted by Crippen LogP contribution is 2.14. The summed E-state index contributed by atoms with van der Waals surface area (Å²) in [4.78, 5) is 36.8. The number of anilines is 2. The summed E-state index contributed by atoms with van der Waals surface area (Å²) in [6.07, 6.45) is 0. The van der Waals surface area contributed by atoms with Crippen LogP contribution in [0.25, 0.3) is 0 Å². The summed E-state index contributed by atoms with van der Waals surface area (Å²) in [5, 5.41) is 5.58. The summed E-state index contributed by atoms with van der Waals surface area (Å²) in [5.74, 6) is -0.125. The van der Waals surface area contributed by atoms with Crippen molar-refractivity contribution in [1.82, 2.24) is 0 Å². The fourth-order valence-electron chi connectivity index (χ4n) is 2.66. The summed E-state index contributed by atoms with van der Waals surface area (Å²) < 4.78 is 9.73. The first-order valence-electron chi connectivity index (χ1n) is 9.20. The molecule has 0 fully saturated rings. The predicted octanol–water partition coefficient (Wildman–Crippen LogP) is 0.964. The van der Waals surface area contributed by atoms with Gasteiger partial charge in [-0.15, -0.1) is 0 Å². The van der Waals surface area contributed by atoms with Gasteiger partial charge < -0.3 is 25.0 Å². The number of rotatable bonds is 9. The number of hydrogen-bond donors (Lipinski definition) is 3. The predicted molar refractivity (Wildman–Crippen MR) is 109 cm³/mol. The minimum absolute atomic E-state index is 0.144. The second-order valence-corrected chi connectivity index (χ2v) is 6.35. The number of likely N-dealkylation sites (N-methyl/N-ethyl adjacent to an activating group) is 1. The van der Waals surface area contributed by atoms with Gasteiger partial charge in [-0.3, -0.25) is 9.59 Å². The number of carbonyl (C=O) groups is 3. The summed E-state index contributed by atoms with van der Waals surface area (Å²) in [5.41, 5.74) is 1.64. The van der Waals surface area contributed by atoms with Crippen LogP contribution < -0.4 is 20.3 Å². The van der Waals surface area contributed by atoms with E-state index in [4.69, 9.17) is 4.74 Å². The lowest BCUT2D eigenvalue weighted by Gasteiger charge is -2.17. The van der Waals surface area contributed by atoms with E-state index in [1.165, 1.54) is 7.11 Å². The van der Waals surface area contributed by atoms with E-state index in [1.807, 2.05) is 6.92 Å². The highest BCUT2D eigenvalue weighted by molar-refractivity contribution is 5.94. The zero-order valence-electron chi connectivity index (χ0n) is 16.8. The molecule has 29 heavy (non-hydrogen) atoms. The third kappa shape index (κ3) is 6.93. The molecule has 2 aromatic rings. The lowest BCUT2D eigenvalue weighted by atomic mass is 10.2. The summed E-state index contributed by atoms with van der Waals surface area (Å²) in [6.45, 7) is 2.83. The number of benzene rings is 2. The summed E-state index contributed by atoms with van der Waals surface area (Å²) in [7, 11) is 2.89. The molecule has 3 N–H and O–H groups in total. The Morgan fingerprint density at radius 2 is 1.31 bits per heavy atom. The molecule has 0 bridgehead atoms. The Bertz CT molecular complexity index is 834. The molecule has 0 aliphatic carbocycles. The van der Waals surface area contributed by atoms with Crippen molar-refractivity contribution in [3.8, 4) is 5.75 Å². The van der Waals surface area contributed by atoms with Crippen LogP contribution in [-0.4, -0.2) is 51.6 Å². The van der Waals surface area contributed by atoms with Crippen LogP contribution in [0.4, 0.5) is 11.4 Å². The van der Waals surface area contributed by atoms with E-state index in [0.717, 1.165) is 4.90 Å². The number of amides is 2. The van der Waals surface area contributed by atoms with E-state index >= 15 is 0 Å². The number of methoxy groups -OCH3 is 2. The Balaban J connectivity index is 1.85. The summed E-state index contributed by atoms with van der Waals surface area (Å²) >= 11 is 0. The molecule has 0 saturated carbocycles. The Morgan fingerprint density at radius 3 is 1.72 bits per heavy atom. The van der Waals surface area contributed by atoms with Crippen molar-refractivity contribution in [3.63, 3.8) is 0 Å². The number of hydrogen-bond acceptors (Lipinski definition) is 5.